The lowest BCUT2D eigenvalue weighted by atomic mass is 10.0. The van der Waals surface area contributed by atoms with E-state index in [0.717, 1.165) is 8.66 Å². The van der Waals surface area contributed by atoms with Gasteiger partial charge < -0.3 is 15.4 Å². The Morgan fingerprint density at radius 2 is 2.35 bits per heavy atom. The Labute approximate surface area is 111 Å². The highest BCUT2D eigenvalue weighted by Gasteiger charge is 2.23. The predicted octanol–water partition coefficient (Wildman–Crippen LogP) is 1.81. The van der Waals surface area contributed by atoms with Crippen molar-refractivity contribution < 1.29 is 9.63 Å². The zero-order chi connectivity index (χ0) is 12.5. The van der Waals surface area contributed by atoms with E-state index in [0.29, 0.717) is 11.7 Å². The first-order chi connectivity index (χ1) is 8.00. The van der Waals surface area contributed by atoms with Gasteiger partial charge in [-0.2, -0.15) is 4.98 Å². The first-order valence-electron chi connectivity index (χ1n) is 5.01. The van der Waals surface area contributed by atoms with Crippen LogP contribution in [-0.4, -0.2) is 27.4 Å². The second kappa shape index (κ2) is 4.85. The van der Waals surface area contributed by atoms with E-state index >= 15 is 0 Å². The Morgan fingerprint density at radius 1 is 1.59 bits per heavy atom. The minimum atomic E-state index is -1.01. The van der Waals surface area contributed by atoms with Crippen molar-refractivity contribution in [2.24, 2.45) is 5.73 Å². The fourth-order valence-electron chi connectivity index (χ4n) is 1.26. The lowest BCUT2D eigenvalue weighted by Gasteiger charge is -2.17. The van der Waals surface area contributed by atoms with Crippen molar-refractivity contribution in [2.75, 3.05) is 6.54 Å². The highest BCUT2D eigenvalue weighted by atomic mass is 79.9. The monoisotopic (exact) mass is 317 g/mol. The van der Waals surface area contributed by atoms with Crippen LogP contribution >= 0.6 is 27.3 Å². The highest BCUT2D eigenvalue weighted by Crippen LogP contribution is 2.29. The molecule has 1 atom stereocenters. The van der Waals surface area contributed by atoms with Crippen LogP contribution in [0.3, 0.4) is 0 Å². The fourth-order valence-corrected chi connectivity index (χ4v) is 2.57. The van der Waals surface area contributed by atoms with Crippen molar-refractivity contribution in [3.63, 3.8) is 0 Å². The summed E-state index contributed by atoms with van der Waals surface area (Å²) >= 11 is 4.89. The van der Waals surface area contributed by atoms with Crippen molar-refractivity contribution in [3.8, 4) is 10.7 Å². The third-order valence-electron chi connectivity index (χ3n) is 2.23. The summed E-state index contributed by atoms with van der Waals surface area (Å²) in [5, 5.41) is 13.7. The molecule has 0 aliphatic rings. The molecular weight excluding hydrogens is 306 g/mol. The molecule has 5 nitrogen and oxygen atoms in total. The average molecular weight is 318 g/mol. The molecule has 0 aliphatic heterocycles. The van der Waals surface area contributed by atoms with Crippen molar-refractivity contribution in [1.29, 1.82) is 0 Å². The van der Waals surface area contributed by atoms with Gasteiger partial charge in [-0.15, -0.1) is 11.3 Å². The molecule has 92 valence electrons. The molecule has 0 radical (unpaired) electrons. The molecular formula is C10H12BrN3O2S. The van der Waals surface area contributed by atoms with E-state index in [9.17, 15) is 5.11 Å². The number of rotatable bonds is 4. The minimum absolute atomic E-state index is 0.148. The summed E-state index contributed by atoms with van der Waals surface area (Å²) in [5.74, 6) is 0.920. The summed E-state index contributed by atoms with van der Waals surface area (Å²) in [4.78, 5) is 5.14. The number of aliphatic hydroxyl groups is 1. The maximum absolute atomic E-state index is 9.80. The summed E-state index contributed by atoms with van der Waals surface area (Å²) < 4.78 is 6.09. The Hall–Kier alpha value is -0.760. The molecule has 0 saturated carbocycles. The van der Waals surface area contributed by atoms with Crippen LogP contribution < -0.4 is 5.73 Å². The smallest absolute Gasteiger partial charge is 0.229 e. The van der Waals surface area contributed by atoms with E-state index < -0.39 is 5.60 Å². The Balaban J connectivity index is 2.16. The number of aromatic nitrogens is 2. The molecule has 2 rings (SSSR count). The molecule has 0 amide bonds. The Morgan fingerprint density at radius 3 is 2.94 bits per heavy atom. The van der Waals surface area contributed by atoms with Gasteiger partial charge in [-0.05, 0) is 35.0 Å². The molecule has 0 saturated heterocycles. The number of halogens is 1. The standard InChI is InChI=1S/C10H12BrN3O2S/c1-10(15,5-12)4-8-13-9(14-16-8)6-2-3-7(11)17-6/h2-3,15H,4-5,12H2,1H3. The number of hydrogen-bond donors (Lipinski definition) is 2. The zero-order valence-electron chi connectivity index (χ0n) is 9.18. The predicted molar refractivity (Wildman–Crippen MR) is 68.7 cm³/mol. The number of thiophene rings is 1. The van der Waals surface area contributed by atoms with Crippen molar-refractivity contribution in [3.05, 3.63) is 21.8 Å². The van der Waals surface area contributed by atoms with Crippen LogP contribution in [0.2, 0.25) is 0 Å². The Bertz CT molecular complexity index is 509. The van der Waals surface area contributed by atoms with E-state index in [-0.39, 0.29) is 13.0 Å². The van der Waals surface area contributed by atoms with Gasteiger partial charge in [-0.3, -0.25) is 0 Å². The molecule has 1 unspecified atom stereocenters. The van der Waals surface area contributed by atoms with Gasteiger partial charge in [0.2, 0.25) is 11.7 Å². The Kier molecular flexibility index (Phi) is 3.62. The van der Waals surface area contributed by atoms with E-state index in [1.807, 2.05) is 12.1 Å². The van der Waals surface area contributed by atoms with Gasteiger partial charge in [0.25, 0.3) is 0 Å². The van der Waals surface area contributed by atoms with Crippen LogP contribution in [0.4, 0.5) is 0 Å². The SMILES string of the molecule is CC(O)(CN)Cc1nc(-c2ccc(Br)s2)no1. The number of nitrogens with two attached hydrogens (primary N) is 1. The zero-order valence-corrected chi connectivity index (χ0v) is 11.6. The third kappa shape index (κ3) is 3.12. The van der Waals surface area contributed by atoms with E-state index in [1.165, 1.54) is 11.3 Å². The van der Waals surface area contributed by atoms with E-state index in [4.69, 9.17) is 10.3 Å². The summed E-state index contributed by atoms with van der Waals surface area (Å²) in [6.45, 7) is 1.79. The molecule has 0 aliphatic carbocycles. The summed E-state index contributed by atoms with van der Waals surface area (Å²) in [6.07, 6.45) is 0.253. The third-order valence-corrected chi connectivity index (χ3v) is 3.85. The topological polar surface area (TPSA) is 85.2 Å². The van der Waals surface area contributed by atoms with Crippen LogP contribution in [0.5, 0.6) is 0 Å². The molecule has 2 aromatic heterocycles. The van der Waals surface area contributed by atoms with Crippen molar-refractivity contribution in [1.82, 2.24) is 10.1 Å². The molecule has 0 bridgehead atoms. The molecule has 7 heteroatoms. The van der Waals surface area contributed by atoms with Crippen LogP contribution in [-0.2, 0) is 6.42 Å². The van der Waals surface area contributed by atoms with Crippen molar-refractivity contribution >= 4 is 27.3 Å². The fraction of sp³-hybridized carbons (Fsp3) is 0.400. The van der Waals surface area contributed by atoms with Gasteiger partial charge in [0, 0.05) is 6.54 Å². The van der Waals surface area contributed by atoms with Crippen LogP contribution in [0.1, 0.15) is 12.8 Å². The number of nitrogens with zero attached hydrogens (tertiary/aromatic N) is 2. The highest BCUT2D eigenvalue weighted by molar-refractivity contribution is 9.11. The van der Waals surface area contributed by atoms with Crippen LogP contribution in [0, 0.1) is 0 Å². The van der Waals surface area contributed by atoms with Crippen molar-refractivity contribution in [2.45, 2.75) is 18.9 Å². The average Bonchev–Trinajstić information content (AvgIpc) is 2.86. The lowest BCUT2D eigenvalue weighted by molar-refractivity contribution is 0.0610. The summed E-state index contributed by atoms with van der Waals surface area (Å²) in [7, 11) is 0. The minimum Gasteiger partial charge on any atom is -0.388 e. The van der Waals surface area contributed by atoms with E-state index in [1.54, 1.807) is 6.92 Å². The van der Waals surface area contributed by atoms with Crippen LogP contribution in [0.25, 0.3) is 10.7 Å². The van der Waals surface area contributed by atoms with E-state index in [2.05, 4.69) is 26.1 Å². The molecule has 0 spiro atoms. The summed E-state index contributed by atoms with van der Waals surface area (Å²) in [5.41, 5.74) is 4.42. The molecule has 2 aromatic rings. The maximum atomic E-state index is 9.80. The number of hydrogen-bond acceptors (Lipinski definition) is 6. The van der Waals surface area contributed by atoms with Gasteiger partial charge in [-0.1, -0.05) is 5.16 Å². The molecule has 0 aromatic carbocycles. The second-order valence-corrected chi connectivity index (χ2v) is 6.46. The van der Waals surface area contributed by atoms with Gasteiger partial charge in [0.15, 0.2) is 0 Å². The lowest BCUT2D eigenvalue weighted by Crippen LogP contribution is -2.36. The van der Waals surface area contributed by atoms with Gasteiger partial charge in [0.1, 0.15) is 0 Å². The van der Waals surface area contributed by atoms with Gasteiger partial charge in [0.05, 0.1) is 20.7 Å². The first-order valence-corrected chi connectivity index (χ1v) is 6.62. The normalized spacial score (nSPS) is 14.8. The molecule has 0 fully saturated rings. The summed E-state index contributed by atoms with van der Waals surface area (Å²) in [6, 6.07) is 3.83. The quantitative estimate of drug-likeness (QED) is 0.898. The first kappa shape index (κ1) is 12.7. The van der Waals surface area contributed by atoms with Gasteiger partial charge in [-0.25, -0.2) is 0 Å². The molecule has 17 heavy (non-hydrogen) atoms. The maximum Gasteiger partial charge on any atom is 0.229 e. The van der Waals surface area contributed by atoms with Gasteiger partial charge >= 0.3 is 0 Å². The second-order valence-electron chi connectivity index (χ2n) is 3.99. The largest absolute Gasteiger partial charge is 0.388 e. The molecule has 3 N–H and O–H groups in total. The van der Waals surface area contributed by atoms with Crippen LogP contribution in [0.15, 0.2) is 20.4 Å². The molecule has 2 heterocycles.